The molecule has 18 heavy (non-hydrogen) atoms. The minimum absolute atomic E-state index is 0.666. The average molecular weight is 251 g/mol. The Hall–Kier alpha value is -0.0400. The van der Waals surface area contributed by atoms with Gasteiger partial charge in [-0.3, -0.25) is 0 Å². The van der Waals surface area contributed by atoms with Gasteiger partial charge in [0.15, 0.2) is 0 Å². The molecule has 2 atom stereocenters. The highest BCUT2D eigenvalue weighted by Gasteiger charge is 2.53. The van der Waals surface area contributed by atoms with Gasteiger partial charge in [-0.2, -0.15) is 0 Å². The van der Waals surface area contributed by atoms with Crippen LogP contribution >= 0.6 is 0 Å². The highest BCUT2D eigenvalue weighted by atomic mass is 14.9. The van der Waals surface area contributed by atoms with Crippen molar-refractivity contribution in [1.82, 2.24) is 5.32 Å². The normalized spacial score (nSPS) is 34.3. The van der Waals surface area contributed by atoms with Gasteiger partial charge in [0.05, 0.1) is 0 Å². The van der Waals surface area contributed by atoms with Gasteiger partial charge in [-0.25, -0.2) is 0 Å². The second-order valence-corrected chi connectivity index (χ2v) is 7.58. The number of rotatable bonds is 8. The van der Waals surface area contributed by atoms with Gasteiger partial charge in [0, 0.05) is 6.54 Å². The van der Waals surface area contributed by atoms with Crippen LogP contribution in [0.3, 0.4) is 0 Å². The summed E-state index contributed by atoms with van der Waals surface area (Å²) in [7, 11) is 0. The number of hydrogen-bond donors (Lipinski definition) is 1. The second kappa shape index (κ2) is 5.94. The fraction of sp³-hybridized carbons (Fsp3) is 1.00. The molecule has 0 radical (unpaired) electrons. The smallest absolute Gasteiger partial charge is 0.000823 e. The van der Waals surface area contributed by atoms with Crippen molar-refractivity contribution in [3.63, 3.8) is 0 Å². The predicted octanol–water partition coefficient (Wildman–Crippen LogP) is 4.47. The van der Waals surface area contributed by atoms with E-state index in [0.29, 0.717) is 5.41 Å². The summed E-state index contributed by atoms with van der Waals surface area (Å²) in [6.07, 6.45) is 8.83. The van der Waals surface area contributed by atoms with E-state index >= 15 is 0 Å². The van der Waals surface area contributed by atoms with Crippen molar-refractivity contribution < 1.29 is 0 Å². The molecule has 0 saturated heterocycles. The first-order chi connectivity index (χ1) is 8.58. The highest BCUT2D eigenvalue weighted by molar-refractivity contribution is 5.04. The second-order valence-electron chi connectivity index (χ2n) is 7.58. The van der Waals surface area contributed by atoms with Crippen molar-refractivity contribution in [3.8, 4) is 0 Å². The van der Waals surface area contributed by atoms with Crippen LogP contribution in [0.15, 0.2) is 0 Å². The molecule has 2 rings (SSSR count). The molecule has 2 unspecified atom stereocenters. The molecule has 0 amide bonds. The van der Waals surface area contributed by atoms with Crippen molar-refractivity contribution in [3.05, 3.63) is 0 Å². The molecule has 0 spiro atoms. The SMILES string of the molecule is CCC(CC)CC1(CNCC(C)C)CC2CC2C1. The number of hydrogen-bond acceptors (Lipinski definition) is 1. The van der Waals surface area contributed by atoms with Crippen molar-refractivity contribution in [2.75, 3.05) is 13.1 Å². The Balaban J connectivity index is 1.87. The Kier molecular flexibility index (Phi) is 4.75. The van der Waals surface area contributed by atoms with Crippen LogP contribution in [0.4, 0.5) is 0 Å². The molecule has 1 heteroatoms. The summed E-state index contributed by atoms with van der Waals surface area (Å²) in [5.74, 6) is 3.97. The fourth-order valence-corrected chi connectivity index (χ4v) is 4.20. The van der Waals surface area contributed by atoms with E-state index in [9.17, 15) is 0 Å². The summed E-state index contributed by atoms with van der Waals surface area (Å²) in [5.41, 5.74) is 0.666. The molecule has 0 aromatic carbocycles. The van der Waals surface area contributed by atoms with Crippen molar-refractivity contribution >= 4 is 0 Å². The zero-order chi connectivity index (χ0) is 13.2. The lowest BCUT2D eigenvalue weighted by atomic mass is 9.74. The van der Waals surface area contributed by atoms with Crippen LogP contribution < -0.4 is 5.32 Å². The molecule has 0 aromatic rings. The quantitative estimate of drug-likeness (QED) is 0.671. The van der Waals surface area contributed by atoms with Crippen LogP contribution in [0.25, 0.3) is 0 Å². The Morgan fingerprint density at radius 1 is 1.11 bits per heavy atom. The molecule has 0 aromatic heterocycles. The van der Waals surface area contributed by atoms with E-state index in [4.69, 9.17) is 0 Å². The standard InChI is InChI=1S/C17H33N/c1-5-14(6-2)8-17(12-18-11-13(3)4)9-15-7-16(15)10-17/h13-16,18H,5-12H2,1-4H3. The summed E-state index contributed by atoms with van der Waals surface area (Å²) in [4.78, 5) is 0. The summed E-state index contributed by atoms with van der Waals surface area (Å²) in [5, 5.41) is 3.76. The first-order valence-corrected chi connectivity index (χ1v) is 8.29. The van der Waals surface area contributed by atoms with Gasteiger partial charge in [-0.15, -0.1) is 0 Å². The number of nitrogens with one attached hydrogen (secondary N) is 1. The summed E-state index contributed by atoms with van der Waals surface area (Å²) < 4.78 is 0. The third kappa shape index (κ3) is 3.50. The van der Waals surface area contributed by atoms with E-state index in [0.717, 1.165) is 23.7 Å². The van der Waals surface area contributed by atoms with E-state index < -0.39 is 0 Å². The minimum atomic E-state index is 0.666. The molecule has 106 valence electrons. The Morgan fingerprint density at radius 3 is 2.22 bits per heavy atom. The fourth-order valence-electron chi connectivity index (χ4n) is 4.20. The lowest BCUT2D eigenvalue weighted by molar-refractivity contribution is 0.181. The van der Waals surface area contributed by atoms with Gasteiger partial charge in [0.2, 0.25) is 0 Å². The maximum atomic E-state index is 3.76. The van der Waals surface area contributed by atoms with Crippen LogP contribution in [-0.2, 0) is 0 Å². The van der Waals surface area contributed by atoms with Crippen molar-refractivity contribution in [2.24, 2.45) is 29.1 Å². The Labute approximate surface area is 114 Å². The highest BCUT2D eigenvalue weighted by Crippen LogP contribution is 2.61. The molecule has 1 nitrogen and oxygen atoms in total. The van der Waals surface area contributed by atoms with Crippen LogP contribution in [0, 0.1) is 29.1 Å². The van der Waals surface area contributed by atoms with Crippen molar-refractivity contribution in [1.29, 1.82) is 0 Å². The van der Waals surface area contributed by atoms with Gasteiger partial charge in [-0.1, -0.05) is 40.5 Å². The Morgan fingerprint density at radius 2 is 1.72 bits per heavy atom. The van der Waals surface area contributed by atoms with Gasteiger partial charge < -0.3 is 5.32 Å². The zero-order valence-electron chi connectivity index (χ0n) is 13.0. The molecule has 0 heterocycles. The van der Waals surface area contributed by atoms with Crippen molar-refractivity contribution in [2.45, 2.75) is 66.2 Å². The molecule has 1 N–H and O–H groups in total. The molecule has 2 aliphatic carbocycles. The van der Waals surface area contributed by atoms with Crippen LogP contribution in [0.1, 0.15) is 66.2 Å². The lowest BCUT2D eigenvalue weighted by Crippen LogP contribution is -2.36. The van der Waals surface area contributed by atoms with E-state index in [1.165, 1.54) is 45.2 Å². The third-order valence-electron chi connectivity index (χ3n) is 5.39. The van der Waals surface area contributed by atoms with Gasteiger partial charge in [0.25, 0.3) is 0 Å². The average Bonchev–Trinajstić information content (AvgIpc) is 2.94. The van der Waals surface area contributed by atoms with E-state index in [1.807, 2.05) is 0 Å². The zero-order valence-corrected chi connectivity index (χ0v) is 13.0. The van der Waals surface area contributed by atoms with E-state index in [1.54, 1.807) is 6.42 Å². The minimum Gasteiger partial charge on any atom is -0.316 e. The lowest BCUT2D eigenvalue weighted by Gasteiger charge is -2.35. The molecule has 2 fully saturated rings. The van der Waals surface area contributed by atoms with Crippen LogP contribution in [0.5, 0.6) is 0 Å². The number of fused-ring (bicyclic) bond motifs is 1. The van der Waals surface area contributed by atoms with E-state index in [2.05, 4.69) is 33.0 Å². The van der Waals surface area contributed by atoms with Crippen LogP contribution in [-0.4, -0.2) is 13.1 Å². The first-order valence-electron chi connectivity index (χ1n) is 8.29. The van der Waals surface area contributed by atoms with E-state index in [-0.39, 0.29) is 0 Å². The molecule has 2 aliphatic rings. The summed E-state index contributed by atoms with van der Waals surface area (Å²) in [6, 6.07) is 0. The first kappa shape index (κ1) is 14.4. The maximum absolute atomic E-state index is 3.76. The molecular formula is C17H33N. The van der Waals surface area contributed by atoms with Gasteiger partial charge >= 0.3 is 0 Å². The summed E-state index contributed by atoms with van der Waals surface area (Å²) >= 11 is 0. The predicted molar refractivity (Wildman–Crippen MR) is 79.7 cm³/mol. The third-order valence-corrected chi connectivity index (χ3v) is 5.39. The largest absolute Gasteiger partial charge is 0.316 e. The van der Waals surface area contributed by atoms with Crippen LogP contribution in [0.2, 0.25) is 0 Å². The summed E-state index contributed by atoms with van der Waals surface area (Å²) in [6.45, 7) is 11.9. The van der Waals surface area contributed by atoms with Gasteiger partial charge in [-0.05, 0) is 61.3 Å². The topological polar surface area (TPSA) is 12.0 Å². The molecule has 2 saturated carbocycles. The monoisotopic (exact) mass is 251 g/mol. The van der Waals surface area contributed by atoms with Gasteiger partial charge in [0.1, 0.15) is 0 Å². The Bertz CT molecular complexity index is 244. The molecule has 0 aliphatic heterocycles. The molecular weight excluding hydrogens is 218 g/mol. The maximum Gasteiger partial charge on any atom is 0.000823 e. The molecule has 0 bridgehead atoms.